The number of nitrogens with one attached hydrogen (secondary N) is 2. The number of aromatic nitrogens is 2. The van der Waals surface area contributed by atoms with E-state index in [0.717, 1.165) is 48.8 Å². The van der Waals surface area contributed by atoms with Crippen molar-refractivity contribution < 1.29 is 5.11 Å². The van der Waals surface area contributed by atoms with Crippen molar-refractivity contribution in [2.45, 2.75) is 51.0 Å². The molecule has 0 radical (unpaired) electrons. The number of aliphatic hydroxyl groups excluding tert-OH is 1. The zero-order valence-electron chi connectivity index (χ0n) is 12.3. The van der Waals surface area contributed by atoms with Crippen LogP contribution in [0.2, 0.25) is 0 Å². The number of hydrogen-bond acceptors (Lipinski definition) is 5. The quantitative estimate of drug-likeness (QED) is 0.769. The van der Waals surface area contributed by atoms with E-state index in [9.17, 15) is 5.11 Å². The summed E-state index contributed by atoms with van der Waals surface area (Å²) >= 11 is 0. The molecule has 2 fully saturated rings. The van der Waals surface area contributed by atoms with Crippen molar-refractivity contribution in [1.29, 1.82) is 0 Å². The summed E-state index contributed by atoms with van der Waals surface area (Å²) in [5.74, 6) is 3.68. The van der Waals surface area contributed by atoms with Gasteiger partial charge < -0.3 is 15.7 Å². The van der Waals surface area contributed by atoms with Gasteiger partial charge in [0.15, 0.2) is 0 Å². The van der Waals surface area contributed by atoms with Crippen LogP contribution < -0.4 is 10.6 Å². The second-order valence-corrected chi connectivity index (χ2v) is 6.07. The van der Waals surface area contributed by atoms with E-state index in [1.807, 2.05) is 14.0 Å². The first kappa shape index (κ1) is 13.6. The van der Waals surface area contributed by atoms with Gasteiger partial charge in [0.2, 0.25) is 0 Å². The van der Waals surface area contributed by atoms with Crippen LogP contribution in [0, 0.1) is 12.8 Å². The highest BCUT2D eigenvalue weighted by Crippen LogP contribution is 2.39. The van der Waals surface area contributed by atoms with Gasteiger partial charge in [-0.15, -0.1) is 0 Å². The topological polar surface area (TPSA) is 70.1 Å². The number of rotatable bonds is 5. The van der Waals surface area contributed by atoms with Gasteiger partial charge in [-0.25, -0.2) is 9.97 Å². The molecule has 20 heavy (non-hydrogen) atoms. The lowest BCUT2D eigenvalue weighted by atomic mass is 10.1. The van der Waals surface area contributed by atoms with E-state index in [0.29, 0.717) is 11.8 Å². The van der Waals surface area contributed by atoms with Crippen molar-refractivity contribution in [1.82, 2.24) is 9.97 Å². The molecule has 110 valence electrons. The highest BCUT2D eigenvalue weighted by molar-refractivity contribution is 5.57. The lowest BCUT2D eigenvalue weighted by Crippen LogP contribution is -2.23. The van der Waals surface area contributed by atoms with Crippen LogP contribution in [0.15, 0.2) is 0 Å². The molecular weight excluding hydrogens is 252 g/mol. The van der Waals surface area contributed by atoms with E-state index in [1.165, 1.54) is 12.8 Å². The van der Waals surface area contributed by atoms with Crippen molar-refractivity contribution in [3.05, 3.63) is 11.4 Å². The van der Waals surface area contributed by atoms with Crippen LogP contribution in [0.25, 0.3) is 0 Å². The molecule has 5 heteroatoms. The highest BCUT2D eigenvalue weighted by atomic mass is 16.3. The fourth-order valence-corrected chi connectivity index (χ4v) is 2.96. The SMILES string of the molecule is CNc1nc(C2CC2)nc(NCC2CCCC2O)c1C. The Hall–Kier alpha value is -1.36. The van der Waals surface area contributed by atoms with E-state index < -0.39 is 0 Å². The molecule has 2 saturated carbocycles. The molecular formula is C15H24N4O. The molecule has 0 spiro atoms. The van der Waals surface area contributed by atoms with Crippen LogP contribution >= 0.6 is 0 Å². The zero-order valence-corrected chi connectivity index (χ0v) is 12.3. The van der Waals surface area contributed by atoms with Crippen molar-refractivity contribution in [3.63, 3.8) is 0 Å². The molecule has 0 saturated heterocycles. The van der Waals surface area contributed by atoms with E-state index in [-0.39, 0.29) is 6.10 Å². The summed E-state index contributed by atoms with van der Waals surface area (Å²) in [6.45, 7) is 2.84. The molecule has 5 nitrogen and oxygen atoms in total. The minimum Gasteiger partial charge on any atom is -0.393 e. The lowest BCUT2D eigenvalue weighted by molar-refractivity contribution is 0.138. The average molecular weight is 276 g/mol. The van der Waals surface area contributed by atoms with Crippen molar-refractivity contribution in [2.75, 3.05) is 24.2 Å². The zero-order chi connectivity index (χ0) is 14.1. The maximum absolute atomic E-state index is 9.90. The Balaban J connectivity index is 1.75. The number of hydrogen-bond donors (Lipinski definition) is 3. The van der Waals surface area contributed by atoms with E-state index in [1.54, 1.807) is 0 Å². The Morgan fingerprint density at radius 3 is 2.50 bits per heavy atom. The Kier molecular flexibility index (Phi) is 3.78. The Morgan fingerprint density at radius 1 is 1.15 bits per heavy atom. The van der Waals surface area contributed by atoms with Gasteiger partial charge in [0.25, 0.3) is 0 Å². The second-order valence-electron chi connectivity index (χ2n) is 6.07. The Labute approximate surface area is 120 Å². The first-order valence-corrected chi connectivity index (χ1v) is 7.67. The Bertz CT molecular complexity index is 487. The van der Waals surface area contributed by atoms with Gasteiger partial charge in [-0.3, -0.25) is 0 Å². The molecule has 1 heterocycles. The van der Waals surface area contributed by atoms with Crippen LogP contribution in [0.3, 0.4) is 0 Å². The number of nitrogens with zero attached hydrogens (tertiary/aromatic N) is 2. The minimum atomic E-state index is -0.156. The molecule has 2 atom stereocenters. The van der Waals surface area contributed by atoms with E-state index >= 15 is 0 Å². The molecule has 0 amide bonds. The standard InChI is InChI=1S/C15H24N4O/c1-9-13(16-2)18-15(10-6-7-10)19-14(9)17-8-11-4-3-5-12(11)20/h10-12,20H,3-8H2,1-2H3,(H2,16,17,18,19). The van der Waals surface area contributed by atoms with E-state index in [4.69, 9.17) is 0 Å². The summed E-state index contributed by atoms with van der Waals surface area (Å²) < 4.78 is 0. The first-order chi connectivity index (χ1) is 9.69. The van der Waals surface area contributed by atoms with Crippen LogP contribution in [0.1, 0.15) is 49.4 Å². The summed E-state index contributed by atoms with van der Waals surface area (Å²) in [6, 6.07) is 0. The van der Waals surface area contributed by atoms with Crippen LogP contribution in [0.5, 0.6) is 0 Å². The molecule has 0 bridgehead atoms. The molecule has 0 aromatic carbocycles. The summed E-state index contributed by atoms with van der Waals surface area (Å²) in [7, 11) is 1.90. The van der Waals surface area contributed by atoms with Crippen molar-refractivity contribution in [3.8, 4) is 0 Å². The van der Waals surface area contributed by atoms with Crippen LogP contribution in [-0.4, -0.2) is 34.8 Å². The molecule has 2 aliphatic carbocycles. The predicted molar refractivity (Wildman–Crippen MR) is 80.1 cm³/mol. The van der Waals surface area contributed by atoms with Gasteiger partial charge in [-0.05, 0) is 32.6 Å². The van der Waals surface area contributed by atoms with Crippen LogP contribution in [-0.2, 0) is 0 Å². The summed E-state index contributed by atoms with van der Waals surface area (Å²) in [5.41, 5.74) is 1.06. The fourth-order valence-electron chi connectivity index (χ4n) is 2.96. The van der Waals surface area contributed by atoms with Gasteiger partial charge in [-0.1, -0.05) is 6.42 Å². The van der Waals surface area contributed by atoms with Crippen molar-refractivity contribution in [2.24, 2.45) is 5.92 Å². The van der Waals surface area contributed by atoms with Gasteiger partial charge in [0.1, 0.15) is 17.5 Å². The maximum Gasteiger partial charge on any atom is 0.136 e. The van der Waals surface area contributed by atoms with Gasteiger partial charge in [-0.2, -0.15) is 0 Å². The molecule has 0 aliphatic heterocycles. The fraction of sp³-hybridized carbons (Fsp3) is 0.733. The third-order valence-electron chi connectivity index (χ3n) is 4.49. The first-order valence-electron chi connectivity index (χ1n) is 7.67. The smallest absolute Gasteiger partial charge is 0.136 e. The summed E-state index contributed by atoms with van der Waals surface area (Å²) in [6.07, 6.45) is 5.42. The Morgan fingerprint density at radius 2 is 1.90 bits per heavy atom. The van der Waals surface area contributed by atoms with Gasteiger partial charge >= 0.3 is 0 Å². The third kappa shape index (κ3) is 2.73. The van der Waals surface area contributed by atoms with Gasteiger partial charge in [0, 0.05) is 31.0 Å². The predicted octanol–water partition coefficient (Wildman–Crippen LogP) is 2.28. The molecule has 3 N–H and O–H groups in total. The van der Waals surface area contributed by atoms with Gasteiger partial charge in [0.05, 0.1) is 6.10 Å². The molecule has 1 aromatic heterocycles. The second kappa shape index (κ2) is 5.56. The molecule has 3 rings (SSSR count). The normalized spacial score (nSPS) is 25.8. The largest absolute Gasteiger partial charge is 0.393 e. The molecule has 1 aromatic rings. The maximum atomic E-state index is 9.90. The highest BCUT2D eigenvalue weighted by Gasteiger charge is 2.29. The summed E-state index contributed by atoms with van der Waals surface area (Å²) in [5, 5.41) is 16.5. The van der Waals surface area contributed by atoms with Crippen molar-refractivity contribution >= 4 is 11.6 Å². The van der Waals surface area contributed by atoms with Crippen LogP contribution in [0.4, 0.5) is 11.6 Å². The molecule has 2 unspecified atom stereocenters. The van der Waals surface area contributed by atoms with E-state index in [2.05, 4.69) is 20.6 Å². The number of aliphatic hydroxyl groups is 1. The monoisotopic (exact) mass is 276 g/mol. The third-order valence-corrected chi connectivity index (χ3v) is 4.49. The number of anilines is 2. The minimum absolute atomic E-state index is 0.156. The summed E-state index contributed by atoms with van der Waals surface area (Å²) in [4.78, 5) is 9.28. The average Bonchev–Trinajstić information content (AvgIpc) is 3.21. The molecule has 2 aliphatic rings. The lowest BCUT2D eigenvalue weighted by Gasteiger charge is -2.18.